The molecule has 7 heteroatoms. The lowest BCUT2D eigenvalue weighted by molar-refractivity contribution is -0.132. The van der Waals surface area contributed by atoms with E-state index in [4.69, 9.17) is 9.47 Å². The largest absolute Gasteiger partial charge is 0.454 e. The average molecular weight is 409 g/mol. The first kappa shape index (κ1) is 20.1. The van der Waals surface area contributed by atoms with E-state index in [0.29, 0.717) is 38.2 Å². The SMILES string of the molecule is Cc1ccc(NC(=O)N2CCC(C)(C(=O)NCc3ccc4c(c3)OCO4)CC2)cc1. The van der Waals surface area contributed by atoms with E-state index in [1.54, 1.807) is 4.90 Å². The molecule has 0 spiro atoms. The molecule has 2 heterocycles. The zero-order valence-corrected chi connectivity index (χ0v) is 17.4. The van der Waals surface area contributed by atoms with Gasteiger partial charge in [-0.05, 0) is 49.6 Å². The number of nitrogens with zero attached hydrogens (tertiary/aromatic N) is 1. The molecule has 3 amide bonds. The zero-order chi connectivity index (χ0) is 21.1. The number of hydrogen-bond donors (Lipinski definition) is 2. The number of likely N-dealkylation sites (tertiary alicyclic amines) is 1. The molecule has 7 nitrogen and oxygen atoms in total. The summed E-state index contributed by atoms with van der Waals surface area (Å²) in [4.78, 5) is 27.1. The summed E-state index contributed by atoms with van der Waals surface area (Å²) in [5.74, 6) is 1.45. The Kier molecular flexibility index (Phi) is 5.53. The molecule has 4 rings (SSSR count). The molecule has 2 aromatic rings. The Hall–Kier alpha value is -3.22. The first-order valence-electron chi connectivity index (χ1n) is 10.2. The van der Waals surface area contributed by atoms with E-state index in [1.165, 1.54) is 0 Å². The second-order valence-corrected chi connectivity index (χ2v) is 8.21. The van der Waals surface area contributed by atoms with Crippen molar-refractivity contribution in [1.29, 1.82) is 0 Å². The second kappa shape index (κ2) is 8.26. The lowest BCUT2D eigenvalue weighted by Crippen LogP contribution is -2.49. The second-order valence-electron chi connectivity index (χ2n) is 8.21. The minimum absolute atomic E-state index is 0.0127. The molecule has 0 atom stereocenters. The third-order valence-electron chi connectivity index (χ3n) is 5.90. The monoisotopic (exact) mass is 409 g/mol. The summed E-state index contributed by atoms with van der Waals surface area (Å²) in [5, 5.41) is 5.96. The van der Waals surface area contributed by atoms with E-state index in [9.17, 15) is 9.59 Å². The maximum Gasteiger partial charge on any atom is 0.321 e. The molecular weight excluding hydrogens is 382 g/mol. The summed E-state index contributed by atoms with van der Waals surface area (Å²) >= 11 is 0. The Balaban J connectivity index is 1.28. The number of amides is 3. The van der Waals surface area contributed by atoms with Crippen molar-refractivity contribution >= 4 is 17.6 Å². The lowest BCUT2D eigenvalue weighted by Gasteiger charge is -2.38. The van der Waals surface area contributed by atoms with Gasteiger partial charge in [-0.2, -0.15) is 0 Å². The van der Waals surface area contributed by atoms with Crippen LogP contribution in [0.25, 0.3) is 0 Å². The third kappa shape index (κ3) is 4.35. The van der Waals surface area contributed by atoms with E-state index >= 15 is 0 Å². The summed E-state index contributed by atoms with van der Waals surface area (Å²) in [5.41, 5.74) is 2.40. The van der Waals surface area contributed by atoms with Crippen LogP contribution < -0.4 is 20.1 Å². The van der Waals surface area contributed by atoms with Crippen molar-refractivity contribution in [2.24, 2.45) is 5.41 Å². The van der Waals surface area contributed by atoms with Gasteiger partial charge in [0.1, 0.15) is 0 Å². The van der Waals surface area contributed by atoms with Crippen LogP contribution in [0.5, 0.6) is 11.5 Å². The van der Waals surface area contributed by atoms with Crippen molar-refractivity contribution in [3.8, 4) is 11.5 Å². The highest BCUT2D eigenvalue weighted by atomic mass is 16.7. The van der Waals surface area contributed by atoms with Gasteiger partial charge in [-0.15, -0.1) is 0 Å². The smallest absolute Gasteiger partial charge is 0.321 e. The molecule has 2 N–H and O–H groups in total. The molecule has 1 saturated heterocycles. The van der Waals surface area contributed by atoms with Crippen molar-refractivity contribution in [1.82, 2.24) is 10.2 Å². The normalized spacial score (nSPS) is 16.8. The van der Waals surface area contributed by atoms with Gasteiger partial charge < -0.3 is 25.0 Å². The number of benzene rings is 2. The number of urea groups is 1. The summed E-state index contributed by atoms with van der Waals surface area (Å²) in [6, 6.07) is 13.3. The fourth-order valence-electron chi connectivity index (χ4n) is 3.72. The van der Waals surface area contributed by atoms with E-state index in [-0.39, 0.29) is 18.7 Å². The number of fused-ring (bicyclic) bond motifs is 1. The van der Waals surface area contributed by atoms with Crippen molar-refractivity contribution < 1.29 is 19.1 Å². The van der Waals surface area contributed by atoms with Gasteiger partial charge in [0.25, 0.3) is 0 Å². The molecule has 0 radical (unpaired) electrons. The van der Waals surface area contributed by atoms with E-state index < -0.39 is 5.41 Å². The minimum atomic E-state index is -0.489. The Morgan fingerprint density at radius 3 is 2.47 bits per heavy atom. The van der Waals surface area contributed by atoms with Crippen LogP contribution >= 0.6 is 0 Å². The topological polar surface area (TPSA) is 79.9 Å². The van der Waals surface area contributed by atoms with E-state index in [2.05, 4.69) is 10.6 Å². The molecule has 30 heavy (non-hydrogen) atoms. The highest BCUT2D eigenvalue weighted by Crippen LogP contribution is 2.33. The van der Waals surface area contributed by atoms with E-state index in [1.807, 2.05) is 56.3 Å². The molecule has 0 aliphatic carbocycles. The number of hydrogen-bond acceptors (Lipinski definition) is 4. The number of rotatable bonds is 4. The van der Waals surface area contributed by atoms with E-state index in [0.717, 1.165) is 22.6 Å². The van der Waals surface area contributed by atoms with Crippen molar-refractivity contribution in [3.05, 3.63) is 53.6 Å². The quantitative estimate of drug-likeness (QED) is 0.807. The summed E-state index contributed by atoms with van der Waals surface area (Å²) in [6.45, 7) is 5.74. The van der Waals surface area contributed by atoms with Gasteiger partial charge in [0.15, 0.2) is 11.5 Å². The molecule has 0 aromatic heterocycles. The molecule has 2 aliphatic rings. The van der Waals surface area contributed by atoms with Crippen molar-refractivity contribution in [2.75, 3.05) is 25.2 Å². The van der Waals surface area contributed by atoms with Crippen LogP contribution in [0.2, 0.25) is 0 Å². The predicted molar refractivity (Wildman–Crippen MR) is 114 cm³/mol. The fraction of sp³-hybridized carbons (Fsp3) is 0.391. The van der Waals surface area contributed by atoms with Crippen LogP contribution in [0.1, 0.15) is 30.9 Å². The van der Waals surface area contributed by atoms with Gasteiger partial charge in [-0.3, -0.25) is 4.79 Å². The predicted octanol–water partition coefficient (Wildman–Crippen LogP) is 3.67. The Morgan fingerprint density at radius 2 is 1.73 bits per heavy atom. The Morgan fingerprint density at radius 1 is 1.03 bits per heavy atom. The number of piperidine rings is 1. The van der Waals surface area contributed by atoms with Crippen LogP contribution in [0.4, 0.5) is 10.5 Å². The van der Waals surface area contributed by atoms with Crippen LogP contribution in [0.3, 0.4) is 0 Å². The lowest BCUT2D eigenvalue weighted by atomic mass is 9.79. The summed E-state index contributed by atoms with van der Waals surface area (Å²) in [6.07, 6.45) is 1.25. The molecule has 2 aliphatic heterocycles. The molecule has 0 bridgehead atoms. The molecular formula is C23H27N3O4. The highest BCUT2D eigenvalue weighted by Gasteiger charge is 2.38. The van der Waals surface area contributed by atoms with Crippen LogP contribution in [-0.4, -0.2) is 36.7 Å². The highest BCUT2D eigenvalue weighted by molar-refractivity contribution is 5.90. The van der Waals surface area contributed by atoms with Crippen LogP contribution in [-0.2, 0) is 11.3 Å². The minimum Gasteiger partial charge on any atom is -0.454 e. The van der Waals surface area contributed by atoms with Gasteiger partial charge >= 0.3 is 6.03 Å². The van der Waals surface area contributed by atoms with Gasteiger partial charge in [-0.1, -0.05) is 30.7 Å². The van der Waals surface area contributed by atoms with Gasteiger partial charge in [0.2, 0.25) is 12.7 Å². The zero-order valence-electron chi connectivity index (χ0n) is 17.4. The maximum absolute atomic E-state index is 12.8. The molecule has 158 valence electrons. The number of aryl methyl sites for hydroxylation is 1. The molecule has 2 aromatic carbocycles. The molecule has 0 saturated carbocycles. The fourth-order valence-corrected chi connectivity index (χ4v) is 3.72. The molecule has 0 unspecified atom stereocenters. The van der Waals surface area contributed by atoms with Crippen molar-refractivity contribution in [2.45, 2.75) is 33.2 Å². The maximum atomic E-state index is 12.8. The molecule has 1 fully saturated rings. The Bertz CT molecular complexity index is 934. The summed E-state index contributed by atoms with van der Waals surface area (Å²) in [7, 11) is 0. The summed E-state index contributed by atoms with van der Waals surface area (Å²) < 4.78 is 10.7. The first-order chi connectivity index (χ1) is 14.4. The first-order valence-corrected chi connectivity index (χ1v) is 10.2. The third-order valence-corrected chi connectivity index (χ3v) is 5.90. The van der Waals surface area contributed by atoms with Gasteiger partial charge in [0.05, 0.1) is 0 Å². The number of carbonyl (C=O) groups excluding carboxylic acids is 2. The number of carbonyl (C=O) groups is 2. The average Bonchev–Trinajstić information content (AvgIpc) is 3.22. The number of ether oxygens (including phenoxy) is 2. The standard InChI is InChI=1S/C23H27N3O4/c1-16-3-6-18(7-4-16)25-22(28)26-11-9-23(2,10-12-26)21(27)24-14-17-5-8-19-20(13-17)30-15-29-19/h3-8,13H,9-12,14-15H2,1-2H3,(H,24,27)(H,25,28). The number of nitrogens with one attached hydrogen (secondary N) is 2. The Labute approximate surface area is 176 Å². The van der Waals surface area contributed by atoms with Crippen LogP contribution in [0, 0.1) is 12.3 Å². The van der Waals surface area contributed by atoms with Crippen molar-refractivity contribution in [3.63, 3.8) is 0 Å². The van der Waals surface area contributed by atoms with Crippen LogP contribution in [0.15, 0.2) is 42.5 Å². The van der Waals surface area contributed by atoms with Gasteiger partial charge in [0, 0.05) is 30.7 Å². The van der Waals surface area contributed by atoms with Gasteiger partial charge in [-0.25, -0.2) is 4.79 Å². The number of anilines is 1.